The van der Waals surface area contributed by atoms with Crippen LogP contribution in [0.2, 0.25) is 0 Å². The largest absolute Gasteiger partial charge is 0.289 e. The highest BCUT2D eigenvalue weighted by Crippen LogP contribution is 2.68. The number of hydrogen-bond donors (Lipinski definition) is 0. The predicted octanol–water partition coefficient (Wildman–Crippen LogP) is 23.8. The standard InChI is InChI=1S/C92H132O6S2/c1-81(2,3)55-37-49(38-56(71(55)93)82(4,5)6)67-69(51-41-59(85(13,14)15)73(95)60(42-51)86(16,17)18)79(99-77(67)53-45-63(89(25,26)27)75(97)64(46-53)90(28,29)30)80-70(52-43-61(87(19,20)21)74(96)62(44-52)88(22,23)24)68(50-39-57(83(7,8)9)72(94)58(40-50)84(10,11)12)78(100-80)54-47-65(91(31,32)33)76(98)66(48-54)92(34,35)36/h37-54,67-70,77-78H,1-36H3. The predicted molar refractivity (Wildman–Crippen MR) is 425 cm³/mol. The molecule has 0 aromatic carbocycles. The molecule has 6 nitrogen and oxygen atoms in total. The van der Waals surface area contributed by atoms with Crippen molar-refractivity contribution in [2.45, 2.75) is 260 Å². The van der Waals surface area contributed by atoms with Gasteiger partial charge < -0.3 is 0 Å². The van der Waals surface area contributed by atoms with Gasteiger partial charge in [0.1, 0.15) is 0 Å². The van der Waals surface area contributed by atoms with Crippen LogP contribution in [0, 0.1) is 124 Å². The molecule has 2 heterocycles. The Hall–Kier alpha value is -4.66. The Labute approximate surface area is 616 Å². The zero-order valence-electron chi connectivity index (χ0n) is 69.1. The van der Waals surface area contributed by atoms with E-state index in [2.05, 4.69) is 322 Å². The van der Waals surface area contributed by atoms with Crippen LogP contribution in [0.1, 0.15) is 249 Å². The van der Waals surface area contributed by atoms with Crippen molar-refractivity contribution in [1.82, 2.24) is 0 Å². The number of Topliss-reactive ketones (excluding diaryl/α,β-unsaturated/α-hetero) is 6. The average Bonchev–Trinajstić information content (AvgIpc) is 1.53. The van der Waals surface area contributed by atoms with E-state index in [9.17, 15) is 0 Å². The van der Waals surface area contributed by atoms with Crippen LogP contribution in [0.3, 0.4) is 0 Å². The van der Waals surface area contributed by atoms with E-state index in [0.717, 1.165) is 66.9 Å². The van der Waals surface area contributed by atoms with E-state index in [-0.39, 0.29) is 104 Å². The maximum atomic E-state index is 15.7. The van der Waals surface area contributed by atoms with Gasteiger partial charge in [-0.1, -0.05) is 322 Å². The van der Waals surface area contributed by atoms with E-state index in [1.807, 2.05) is 23.5 Å². The minimum absolute atomic E-state index is 0.0721. The lowest BCUT2D eigenvalue weighted by Gasteiger charge is -2.42. The van der Waals surface area contributed by atoms with Gasteiger partial charge in [-0.25, -0.2) is 0 Å². The lowest BCUT2D eigenvalue weighted by atomic mass is 9.60. The number of ketones is 6. The molecule has 6 aliphatic carbocycles. The molecule has 8 rings (SSSR count). The summed E-state index contributed by atoms with van der Waals surface area (Å²) in [6.07, 6.45) is 28.0. The summed E-state index contributed by atoms with van der Waals surface area (Å²) >= 11 is 3.95. The van der Waals surface area contributed by atoms with Crippen molar-refractivity contribution >= 4 is 58.2 Å². The number of carbonyl (C=O) groups is 6. The highest BCUT2D eigenvalue weighted by Gasteiger charge is 2.59. The van der Waals surface area contributed by atoms with Crippen molar-refractivity contribution in [3.63, 3.8) is 0 Å². The molecule has 100 heavy (non-hydrogen) atoms. The van der Waals surface area contributed by atoms with Crippen LogP contribution < -0.4 is 0 Å². The number of rotatable bonds is 6. The minimum atomic E-state index is -0.542. The molecular weight excluding hydrogens is 1270 g/mol. The van der Waals surface area contributed by atoms with E-state index in [1.165, 1.54) is 9.81 Å². The summed E-state index contributed by atoms with van der Waals surface area (Å²) in [5.41, 5.74) is 3.25. The number of thioether (sulfide) groups is 2. The summed E-state index contributed by atoms with van der Waals surface area (Å²) in [5.74, 6) is -2.47. The zero-order valence-corrected chi connectivity index (χ0v) is 70.8. The van der Waals surface area contributed by atoms with Gasteiger partial charge in [-0.3, -0.25) is 28.8 Å². The SMILES string of the molecule is CC(C)(C)C1=CC(C2SC(=C3SC(C4C=C(C(C)(C)C)C(=O)C(C(C)(C)C)=C4)C(C4C=C(C(C)(C)C)C(=O)C(C(C)(C)C)=C4)C3C3C=C(C(C)(C)C)C(=O)C(C(C)(C)C)=C3)C(C3C=C(C(C)(C)C)C(=O)C(C(C)(C)C)=C3)C2C2C=C(C(C)(C)C)C(=O)C(C(C)(C)C)=C2)C=C(C(C)(C)C)C1=O. The molecule has 0 N–H and O–H groups in total. The average molecular weight is 1400 g/mol. The molecule has 0 amide bonds. The summed E-state index contributed by atoms with van der Waals surface area (Å²) in [4.78, 5) is 95.7. The quantitative estimate of drug-likeness (QED) is 0.259. The Balaban J connectivity index is 1.73. The second-order valence-corrected chi connectivity index (χ2v) is 45.9. The monoisotopic (exact) mass is 1400 g/mol. The smallest absolute Gasteiger partial charge is 0.185 e. The first-order chi connectivity index (χ1) is 44.7. The molecule has 0 bridgehead atoms. The van der Waals surface area contributed by atoms with Gasteiger partial charge in [0.15, 0.2) is 34.7 Å². The van der Waals surface area contributed by atoms with Gasteiger partial charge in [0.25, 0.3) is 0 Å². The molecule has 0 aromatic rings. The van der Waals surface area contributed by atoms with Gasteiger partial charge in [-0.05, 0) is 86.6 Å². The fraction of sp³-hybridized carbons (Fsp3) is 0.652. The Morgan fingerprint density at radius 3 is 0.440 bits per heavy atom. The molecule has 0 saturated carbocycles. The van der Waals surface area contributed by atoms with Crippen LogP contribution in [0.4, 0.5) is 0 Å². The van der Waals surface area contributed by atoms with Gasteiger partial charge in [-0.15, -0.1) is 23.5 Å². The summed E-state index contributed by atoms with van der Waals surface area (Å²) in [6.45, 7) is 78.1. The number of hydrogen-bond acceptors (Lipinski definition) is 8. The molecular formula is C92H132O6S2. The first kappa shape index (κ1) is 81.0. The van der Waals surface area contributed by atoms with E-state index < -0.39 is 65.0 Å². The van der Waals surface area contributed by atoms with Crippen LogP contribution in [0.25, 0.3) is 0 Å². The molecule has 6 unspecified atom stereocenters. The summed E-state index contributed by atoms with van der Waals surface area (Å²) in [6, 6.07) is 0. The molecule has 6 atom stereocenters. The van der Waals surface area contributed by atoms with Crippen LogP contribution in [-0.4, -0.2) is 45.2 Å². The second kappa shape index (κ2) is 26.1. The maximum Gasteiger partial charge on any atom is 0.185 e. The van der Waals surface area contributed by atoms with Crippen molar-refractivity contribution in [3.8, 4) is 0 Å². The van der Waals surface area contributed by atoms with Crippen molar-refractivity contribution in [3.05, 3.63) is 150 Å². The Kier molecular flexibility index (Phi) is 21.2. The third-order valence-corrected chi connectivity index (χ3v) is 25.8. The Morgan fingerprint density at radius 1 is 0.190 bits per heavy atom. The normalized spacial score (nSPS) is 27.0. The molecule has 0 spiro atoms. The van der Waals surface area contributed by atoms with E-state index in [1.54, 1.807) is 0 Å². The summed E-state index contributed by atoms with van der Waals surface area (Å²) < 4.78 is 0. The molecule has 548 valence electrons. The fourth-order valence-electron chi connectivity index (χ4n) is 17.0. The molecule has 8 aliphatic rings. The molecule has 0 radical (unpaired) electrons. The molecule has 2 aliphatic heterocycles. The van der Waals surface area contributed by atoms with E-state index in [4.69, 9.17) is 0 Å². The Morgan fingerprint density at radius 2 is 0.310 bits per heavy atom. The third kappa shape index (κ3) is 16.0. The first-order valence-corrected chi connectivity index (χ1v) is 39.5. The minimum Gasteiger partial charge on any atom is -0.289 e. The number of carbonyl (C=O) groups excluding carboxylic acids is 6. The van der Waals surface area contributed by atoms with Crippen LogP contribution in [-0.2, 0) is 28.8 Å². The number of allylic oxidation sites excluding steroid dienone is 26. The molecule has 2 saturated heterocycles. The molecule has 0 aromatic heterocycles. The van der Waals surface area contributed by atoms with E-state index >= 15 is 28.8 Å². The topological polar surface area (TPSA) is 102 Å². The van der Waals surface area contributed by atoms with E-state index in [0.29, 0.717) is 0 Å². The molecule has 2 fully saturated rings. The van der Waals surface area contributed by atoms with Crippen LogP contribution in [0.15, 0.2) is 150 Å². The van der Waals surface area contributed by atoms with Gasteiger partial charge in [0.2, 0.25) is 0 Å². The lowest BCUT2D eigenvalue weighted by molar-refractivity contribution is -0.115. The highest BCUT2D eigenvalue weighted by atomic mass is 32.2. The van der Waals surface area contributed by atoms with Gasteiger partial charge in [0.05, 0.1) is 0 Å². The zero-order chi connectivity index (χ0) is 76.4. The first-order valence-electron chi connectivity index (χ1n) is 37.7. The Bertz CT molecular complexity index is 3410. The van der Waals surface area contributed by atoms with Gasteiger partial charge in [-0.2, -0.15) is 0 Å². The highest BCUT2D eigenvalue weighted by molar-refractivity contribution is 8.07. The summed E-state index contributed by atoms with van der Waals surface area (Å²) in [5, 5.41) is -0.461. The second-order valence-electron chi connectivity index (χ2n) is 43.5. The van der Waals surface area contributed by atoms with Crippen LogP contribution >= 0.6 is 23.5 Å². The van der Waals surface area contributed by atoms with Crippen molar-refractivity contribution in [2.75, 3.05) is 0 Å². The van der Waals surface area contributed by atoms with Gasteiger partial charge >= 0.3 is 0 Å². The van der Waals surface area contributed by atoms with Gasteiger partial charge in [0, 0.05) is 125 Å². The summed E-state index contributed by atoms with van der Waals surface area (Å²) in [7, 11) is 0. The fourth-order valence-corrected chi connectivity index (χ4v) is 20.9. The lowest BCUT2D eigenvalue weighted by Crippen LogP contribution is -2.40. The molecule has 8 heteroatoms. The third-order valence-electron chi connectivity index (χ3n) is 22.4. The van der Waals surface area contributed by atoms with Crippen molar-refractivity contribution in [2.24, 2.45) is 124 Å². The van der Waals surface area contributed by atoms with Crippen LogP contribution in [0.5, 0.6) is 0 Å². The van der Waals surface area contributed by atoms with Crippen molar-refractivity contribution < 1.29 is 28.8 Å². The van der Waals surface area contributed by atoms with Crippen molar-refractivity contribution in [1.29, 1.82) is 0 Å². The maximum absolute atomic E-state index is 15.7.